The first-order valence-corrected chi connectivity index (χ1v) is 9.78. The van der Waals surface area contributed by atoms with E-state index < -0.39 is 0 Å². The third-order valence-electron chi connectivity index (χ3n) is 5.33. The summed E-state index contributed by atoms with van der Waals surface area (Å²) in [6.07, 6.45) is 2.41. The quantitative estimate of drug-likeness (QED) is 0.733. The van der Waals surface area contributed by atoms with E-state index in [1.165, 1.54) is 11.1 Å². The highest BCUT2D eigenvalue weighted by Crippen LogP contribution is 2.18. The van der Waals surface area contributed by atoms with E-state index in [4.69, 9.17) is 0 Å². The lowest BCUT2D eigenvalue weighted by Crippen LogP contribution is -2.48. The van der Waals surface area contributed by atoms with Crippen molar-refractivity contribution >= 4 is 17.4 Å². The predicted molar refractivity (Wildman–Crippen MR) is 109 cm³/mol. The summed E-state index contributed by atoms with van der Waals surface area (Å²) >= 11 is 0. The van der Waals surface area contributed by atoms with Crippen LogP contribution in [0.4, 0.5) is 5.69 Å². The number of Topliss-reactive ketones (excluding diaryl/α,β-unsaturated/α-hetero) is 1. The van der Waals surface area contributed by atoms with Crippen LogP contribution in [0.15, 0.2) is 48.5 Å². The first kappa shape index (κ1) is 19.2. The summed E-state index contributed by atoms with van der Waals surface area (Å²) in [5.41, 5.74) is 4.41. The van der Waals surface area contributed by atoms with Crippen molar-refractivity contribution in [2.24, 2.45) is 0 Å². The van der Waals surface area contributed by atoms with Crippen molar-refractivity contribution in [1.29, 1.82) is 0 Å². The highest BCUT2D eigenvalue weighted by Gasteiger charge is 2.21. The normalized spacial score (nSPS) is 14.3. The Morgan fingerprint density at radius 2 is 1.44 bits per heavy atom. The van der Waals surface area contributed by atoms with Crippen LogP contribution in [0, 0.1) is 0 Å². The van der Waals surface area contributed by atoms with Gasteiger partial charge in [0, 0.05) is 43.9 Å². The van der Waals surface area contributed by atoms with Crippen LogP contribution in [0.1, 0.15) is 41.8 Å². The Kier molecular flexibility index (Phi) is 6.28. The number of hydrogen-bond donors (Lipinski definition) is 0. The third kappa shape index (κ3) is 4.97. The van der Waals surface area contributed by atoms with E-state index in [9.17, 15) is 9.59 Å². The molecule has 4 heteroatoms. The Balaban J connectivity index is 1.47. The number of amides is 1. The van der Waals surface area contributed by atoms with Gasteiger partial charge in [0.05, 0.1) is 0 Å². The van der Waals surface area contributed by atoms with Gasteiger partial charge in [0.25, 0.3) is 0 Å². The number of anilines is 1. The molecule has 1 saturated heterocycles. The van der Waals surface area contributed by atoms with E-state index in [0.717, 1.165) is 50.3 Å². The van der Waals surface area contributed by atoms with Crippen molar-refractivity contribution in [3.8, 4) is 0 Å². The van der Waals surface area contributed by atoms with Crippen molar-refractivity contribution in [1.82, 2.24) is 4.90 Å². The van der Waals surface area contributed by atoms with E-state index in [2.05, 4.69) is 36.1 Å². The van der Waals surface area contributed by atoms with Crippen molar-refractivity contribution in [3.05, 3.63) is 65.2 Å². The standard InChI is InChI=1S/C23H28N2O2/c1-3-19-4-6-20(7-5-19)8-13-23(27)25-16-14-24(15-17-25)22-11-9-21(10-12-22)18(2)26/h4-7,9-12H,3,8,13-17H2,1-2H3. The molecule has 1 aliphatic heterocycles. The number of nitrogens with zero attached hydrogens (tertiary/aromatic N) is 2. The van der Waals surface area contributed by atoms with Gasteiger partial charge in [-0.1, -0.05) is 31.2 Å². The van der Waals surface area contributed by atoms with Gasteiger partial charge in [-0.15, -0.1) is 0 Å². The number of carbonyl (C=O) groups excluding carboxylic acids is 2. The molecule has 142 valence electrons. The molecular formula is C23H28N2O2. The van der Waals surface area contributed by atoms with E-state index >= 15 is 0 Å². The highest BCUT2D eigenvalue weighted by molar-refractivity contribution is 5.94. The fourth-order valence-electron chi connectivity index (χ4n) is 3.47. The molecule has 4 nitrogen and oxygen atoms in total. The largest absolute Gasteiger partial charge is 0.368 e. The zero-order valence-corrected chi connectivity index (χ0v) is 16.3. The smallest absolute Gasteiger partial charge is 0.223 e. The summed E-state index contributed by atoms with van der Waals surface area (Å²) < 4.78 is 0. The molecule has 0 radical (unpaired) electrons. The molecule has 1 aliphatic rings. The third-order valence-corrected chi connectivity index (χ3v) is 5.33. The summed E-state index contributed by atoms with van der Waals surface area (Å²) in [4.78, 5) is 28.2. The minimum atomic E-state index is 0.0845. The Morgan fingerprint density at radius 3 is 2.00 bits per heavy atom. The van der Waals surface area contributed by atoms with Gasteiger partial charge in [-0.3, -0.25) is 9.59 Å². The zero-order valence-electron chi connectivity index (χ0n) is 16.3. The lowest BCUT2D eigenvalue weighted by molar-refractivity contribution is -0.131. The van der Waals surface area contributed by atoms with E-state index in [1.54, 1.807) is 6.92 Å². The molecule has 0 atom stereocenters. The first-order chi connectivity index (χ1) is 13.1. The maximum atomic E-state index is 12.5. The molecule has 2 aromatic rings. The molecule has 0 spiro atoms. The Hall–Kier alpha value is -2.62. The van der Waals surface area contributed by atoms with Crippen LogP contribution < -0.4 is 4.90 Å². The molecule has 0 N–H and O–H groups in total. The van der Waals surface area contributed by atoms with Crippen LogP contribution >= 0.6 is 0 Å². The summed E-state index contributed by atoms with van der Waals surface area (Å²) in [5.74, 6) is 0.322. The molecule has 0 saturated carbocycles. The maximum absolute atomic E-state index is 12.5. The molecule has 3 rings (SSSR count). The SMILES string of the molecule is CCc1ccc(CCC(=O)N2CCN(c3ccc(C(C)=O)cc3)CC2)cc1. The molecule has 2 aromatic carbocycles. The number of ketones is 1. The van der Waals surface area contributed by atoms with Gasteiger partial charge in [0.15, 0.2) is 5.78 Å². The van der Waals surface area contributed by atoms with Gasteiger partial charge in [0.1, 0.15) is 0 Å². The molecule has 0 unspecified atom stereocenters. The molecule has 0 bridgehead atoms. The Bertz CT molecular complexity index is 773. The van der Waals surface area contributed by atoms with Gasteiger partial charge >= 0.3 is 0 Å². The number of piperazine rings is 1. The number of hydrogen-bond acceptors (Lipinski definition) is 3. The summed E-state index contributed by atoms with van der Waals surface area (Å²) in [6, 6.07) is 16.3. The molecule has 1 heterocycles. The van der Waals surface area contributed by atoms with Crippen molar-refractivity contribution < 1.29 is 9.59 Å². The fourth-order valence-corrected chi connectivity index (χ4v) is 3.47. The molecule has 0 aromatic heterocycles. The average Bonchev–Trinajstić information content (AvgIpc) is 2.72. The van der Waals surface area contributed by atoms with E-state index in [1.807, 2.05) is 29.2 Å². The zero-order chi connectivity index (χ0) is 19.2. The second-order valence-corrected chi connectivity index (χ2v) is 7.14. The minimum Gasteiger partial charge on any atom is -0.368 e. The van der Waals surface area contributed by atoms with Crippen LogP contribution in [-0.4, -0.2) is 42.8 Å². The van der Waals surface area contributed by atoms with Gasteiger partial charge in [-0.2, -0.15) is 0 Å². The van der Waals surface area contributed by atoms with Crippen LogP contribution in [0.25, 0.3) is 0 Å². The minimum absolute atomic E-state index is 0.0845. The Labute approximate surface area is 161 Å². The molecule has 1 fully saturated rings. The van der Waals surface area contributed by atoms with E-state index in [-0.39, 0.29) is 11.7 Å². The van der Waals surface area contributed by atoms with Crippen LogP contribution in [0.5, 0.6) is 0 Å². The lowest BCUT2D eigenvalue weighted by atomic mass is 10.1. The van der Waals surface area contributed by atoms with Gasteiger partial charge < -0.3 is 9.80 Å². The van der Waals surface area contributed by atoms with Crippen molar-refractivity contribution in [3.63, 3.8) is 0 Å². The lowest BCUT2D eigenvalue weighted by Gasteiger charge is -2.36. The van der Waals surface area contributed by atoms with Crippen molar-refractivity contribution in [2.75, 3.05) is 31.1 Å². The maximum Gasteiger partial charge on any atom is 0.223 e. The Morgan fingerprint density at radius 1 is 0.852 bits per heavy atom. The summed E-state index contributed by atoms with van der Waals surface area (Å²) in [5, 5.41) is 0. The van der Waals surface area contributed by atoms with Gasteiger partial charge in [-0.05, 0) is 55.2 Å². The predicted octanol–water partition coefficient (Wildman–Crippen LogP) is 3.73. The first-order valence-electron chi connectivity index (χ1n) is 9.78. The number of aryl methyl sites for hydroxylation is 2. The average molecular weight is 364 g/mol. The topological polar surface area (TPSA) is 40.6 Å². The molecule has 0 aliphatic carbocycles. The van der Waals surface area contributed by atoms with Crippen LogP contribution in [0.2, 0.25) is 0 Å². The molecule has 1 amide bonds. The van der Waals surface area contributed by atoms with Gasteiger partial charge in [0.2, 0.25) is 5.91 Å². The molecular weight excluding hydrogens is 336 g/mol. The van der Waals surface area contributed by atoms with Gasteiger partial charge in [-0.25, -0.2) is 0 Å². The van der Waals surface area contributed by atoms with Crippen LogP contribution in [0.3, 0.4) is 0 Å². The number of carbonyl (C=O) groups is 2. The number of benzene rings is 2. The molecule has 27 heavy (non-hydrogen) atoms. The second kappa shape index (κ2) is 8.85. The fraction of sp³-hybridized carbons (Fsp3) is 0.391. The van der Waals surface area contributed by atoms with Crippen LogP contribution in [-0.2, 0) is 17.6 Å². The highest BCUT2D eigenvalue weighted by atomic mass is 16.2. The van der Waals surface area contributed by atoms with E-state index in [0.29, 0.717) is 6.42 Å². The summed E-state index contributed by atoms with van der Waals surface area (Å²) in [6.45, 7) is 6.89. The van der Waals surface area contributed by atoms with Crippen molar-refractivity contribution in [2.45, 2.75) is 33.1 Å². The number of rotatable bonds is 6. The second-order valence-electron chi connectivity index (χ2n) is 7.14. The monoisotopic (exact) mass is 364 g/mol. The summed E-state index contributed by atoms with van der Waals surface area (Å²) in [7, 11) is 0.